The van der Waals surface area contributed by atoms with Crippen molar-refractivity contribution in [1.29, 1.82) is 0 Å². The minimum Gasteiger partial charge on any atom is -0.388 e. The average molecular weight is 200 g/mol. The quantitative estimate of drug-likeness (QED) is 0.658. The Balaban J connectivity index is 2.24. The van der Waals surface area contributed by atoms with Crippen LogP contribution in [0.2, 0.25) is 0 Å². The lowest BCUT2D eigenvalue weighted by molar-refractivity contribution is -0.131. The molecule has 1 amide bonds. The summed E-state index contributed by atoms with van der Waals surface area (Å²) in [7, 11) is 0. The summed E-state index contributed by atoms with van der Waals surface area (Å²) in [6, 6.07) is 0. The van der Waals surface area contributed by atoms with Crippen molar-refractivity contribution in [2.75, 3.05) is 19.6 Å². The molecule has 0 aromatic rings. The van der Waals surface area contributed by atoms with Crippen LogP contribution in [-0.4, -0.2) is 46.7 Å². The standard InChI is InChI=1S/C10H20N2O2/c1-9(2,3)11-8(13)5-12-6-10(4,14)7-12/h14H,5-7H2,1-4H3,(H,11,13). The molecule has 0 saturated carbocycles. The van der Waals surface area contributed by atoms with Gasteiger partial charge >= 0.3 is 0 Å². The van der Waals surface area contributed by atoms with Crippen LogP contribution in [-0.2, 0) is 4.79 Å². The molecule has 0 radical (unpaired) electrons. The number of nitrogens with one attached hydrogen (secondary N) is 1. The Bertz CT molecular complexity index is 223. The second-order valence-electron chi connectivity index (χ2n) is 5.44. The van der Waals surface area contributed by atoms with Crippen molar-refractivity contribution in [1.82, 2.24) is 10.2 Å². The molecular formula is C10H20N2O2. The molecule has 82 valence electrons. The van der Waals surface area contributed by atoms with Gasteiger partial charge in [0.2, 0.25) is 5.91 Å². The maximum atomic E-state index is 11.4. The molecule has 4 nitrogen and oxygen atoms in total. The third-order valence-electron chi connectivity index (χ3n) is 2.01. The number of β-amino-alcohol motifs (C(OH)–C–C–N with tert-alkyl or cyclic N) is 1. The number of nitrogens with zero attached hydrogens (tertiary/aromatic N) is 1. The smallest absolute Gasteiger partial charge is 0.234 e. The molecule has 1 fully saturated rings. The second-order valence-corrected chi connectivity index (χ2v) is 5.44. The fourth-order valence-corrected chi connectivity index (χ4v) is 1.69. The summed E-state index contributed by atoms with van der Waals surface area (Å²) >= 11 is 0. The molecule has 0 aromatic carbocycles. The highest BCUT2D eigenvalue weighted by atomic mass is 16.3. The average Bonchev–Trinajstić information content (AvgIpc) is 1.76. The zero-order chi connectivity index (χ0) is 11.0. The SMILES string of the molecule is CC1(O)CN(CC(=O)NC(C)(C)C)C1. The second kappa shape index (κ2) is 3.51. The van der Waals surface area contributed by atoms with Gasteiger partial charge in [-0.1, -0.05) is 0 Å². The van der Waals surface area contributed by atoms with Crippen LogP contribution in [0.5, 0.6) is 0 Å². The first-order valence-electron chi connectivity index (χ1n) is 4.94. The van der Waals surface area contributed by atoms with Crippen molar-refractivity contribution < 1.29 is 9.90 Å². The molecule has 4 heteroatoms. The van der Waals surface area contributed by atoms with Gasteiger partial charge in [-0.05, 0) is 27.7 Å². The van der Waals surface area contributed by atoms with Gasteiger partial charge in [-0.25, -0.2) is 0 Å². The molecule has 0 unspecified atom stereocenters. The maximum absolute atomic E-state index is 11.4. The van der Waals surface area contributed by atoms with Gasteiger partial charge in [-0.3, -0.25) is 9.69 Å². The van der Waals surface area contributed by atoms with Gasteiger partial charge in [0.25, 0.3) is 0 Å². The Morgan fingerprint density at radius 3 is 2.36 bits per heavy atom. The van der Waals surface area contributed by atoms with Crippen LogP contribution in [0.15, 0.2) is 0 Å². The molecule has 0 spiro atoms. The summed E-state index contributed by atoms with van der Waals surface area (Å²) in [6.45, 7) is 9.21. The van der Waals surface area contributed by atoms with Crippen molar-refractivity contribution in [3.63, 3.8) is 0 Å². The molecule has 0 bridgehead atoms. The fourth-order valence-electron chi connectivity index (χ4n) is 1.69. The molecule has 0 atom stereocenters. The highest BCUT2D eigenvalue weighted by Crippen LogP contribution is 2.18. The lowest BCUT2D eigenvalue weighted by Crippen LogP contribution is -2.62. The normalized spacial score (nSPS) is 21.5. The number of carbonyl (C=O) groups is 1. The predicted molar refractivity (Wildman–Crippen MR) is 55.0 cm³/mol. The van der Waals surface area contributed by atoms with Crippen molar-refractivity contribution in [3.05, 3.63) is 0 Å². The van der Waals surface area contributed by atoms with Crippen LogP contribution in [0.25, 0.3) is 0 Å². The summed E-state index contributed by atoms with van der Waals surface area (Å²) in [4.78, 5) is 13.4. The predicted octanol–water partition coefficient (Wildman–Crippen LogP) is -0.0323. The largest absolute Gasteiger partial charge is 0.388 e. The van der Waals surface area contributed by atoms with Crippen LogP contribution in [0.3, 0.4) is 0 Å². The lowest BCUT2D eigenvalue weighted by atomic mass is 9.97. The Labute approximate surface area is 85.3 Å². The maximum Gasteiger partial charge on any atom is 0.234 e. The summed E-state index contributed by atoms with van der Waals surface area (Å²) in [5.74, 6) is 0.0213. The highest BCUT2D eigenvalue weighted by Gasteiger charge is 2.37. The van der Waals surface area contributed by atoms with E-state index in [2.05, 4.69) is 5.32 Å². The number of aliphatic hydroxyl groups is 1. The highest BCUT2D eigenvalue weighted by molar-refractivity contribution is 5.78. The van der Waals surface area contributed by atoms with Crippen LogP contribution in [0, 0.1) is 0 Å². The van der Waals surface area contributed by atoms with Crippen molar-refractivity contribution in [2.45, 2.75) is 38.8 Å². The van der Waals surface area contributed by atoms with Crippen LogP contribution < -0.4 is 5.32 Å². The Hall–Kier alpha value is -0.610. The summed E-state index contributed by atoms with van der Waals surface area (Å²) in [6.07, 6.45) is 0. The Morgan fingerprint density at radius 1 is 1.50 bits per heavy atom. The number of rotatable bonds is 2. The first-order chi connectivity index (χ1) is 6.18. The lowest BCUT2D eigenvalue weighted by Gasteiger charge is -2.44. The Morgan fingerprint density at radius 2 is 2.00 bits per heavy atom. The number of hydrogen-bond acceptors (Lipinski definition) is 3. The summed E-state index contributed by atoms with van der Waals surface area (Å²) in [5.41, 5.74) is -0.771. The van der Waals surface area contributed by atoms with Crippen LogP contribution >= 0.6 is 0 Å². The molecule has 1 aliphatic rings. The van der Waals surface area contributed by atoms with Crippen molar-refractivity contribution in [2.24, 2.45) is 0 Å². The minimum absolute atomic E-state index is 0.0213. The van der Waals surface area contributed by atoms with E-state index in [1.807, 2.05) is 25.7 Å². The molecule has 1 aliphatic heterocycles. The van der Waals surface area contributed by atoms with E-state index >= 15 is 0 Å². The van der Waals surface area contributed by atoms with Gasteiger partial charge in [-0.2, -0.15) is 0 Å². The number of carbonyl (C=O) groups excluding carboxylic acids is 1. The van der Waals surface area contributed by atoms with E-state index in [4.69, 9.17) is 0 Å². The molecule has 14 heavy (non-hydrogen) atoms. The molecule has 0 aromatic heterocycles. The van der Waals surface area contributed by atoms with E-state index in [9.17, 15) is 9.90 Å². The van der Waals surface area contributed by atoms with Crippen LogP contribution in [0.1, 0.15) is 27.7 Å². The molecule has 0 aliphatic carbocycles. The monoisotopic (exact) mass is 200 g/mol. The third kappa shape index (κ3) is 3.64. The van der Waals surface area contributed by atoms with E-state index in [-0.39, 0.29) is 11.4 Å². The molecular weight excluding hydrogens is 180 g/mol. The van der Waals surface area contributed by atoms with Gasteiger partial charge in [0, 0.05) is 18.6 Å². The number of hydrogen-bond donors (Lipinski definition) is 2. The first kappa shape index (κ1) is 11.5. The van der Waals surface area contributed by atoms with Gasteiger partial charge < -0.3 is 10.4 Å². The molecule has 1 saturated heterocycles. The summed E-state index contributed by atoms with van der Waals surface area (Å²) < 4.78 is 0. The van der Waals surface area contributed by atoms with E-state index in [0.717, 1.165) is 0 Å². The zero-order valence-corrected chi connectivity index (χ0v) is 9.42. The van der Waals surface area contributed by atoms with Crippen molar-refractivity contribution in [3.8, 4) is 0 Å². The van der Waals surface area contributed by atoms with Gasteiger partial charge in [0.05, 0.1) is 12.1 Å². The van der Waals surface area contributed by atoms with Gasteiger partial charge in [0.15, 0.2) is 0 Å². The van der Waals surface area contributed by atoms with E-state index in [1.54, 1.807) is 6.92 Å². The van der Waals surface area contributed by atoms with E-state index in [0.29, 0.717) is 19.6 Å². The molecule has 1 rings (SSSR count). The summed E-state index contributed by atoms with van der Waals surface area (Å²) in [5, 5.41) is 12.3. The van der Waals surface area contributed by atoms with Crippen molar-refractivity contribution >= 4 is 5.91 Å². The topological polar surface area (TPSA) is 52.6 Å². The van der Waals surface area contributed by atoms with Gasteiger partial charge in [0.1, 0.15) is 0 Å². The number of amides is 1. The van der Waals surface area contributed by atoms with E-state index < -0.39 is 5.60 Å². The van der Waals surface area contributed by atoms with E-state index in [1.165, 1.54) is 0 Å². The first-order valence-corrected chi connectivity index (χ1v) is 4.94. The zero-order valence-electron chi connectivity index (χ0n) is 9.42. The minimum atomic E-state index is -0.595. The van der Waals surface area contributed by atoms with Gasteiger partial charge in [-0.15, -0.1) is 0 Å². The third-order valence-corrected chi connectivity index (χ3v) is 2.01. The van der Waals surface area contributed by atoms with Crippen LogP contribution in [0.4, 0.5) is 0 Å². The Kier molecular flexibility index (Phi) is 2.88. The molecule has 1 heterocycles. The molecule has 2 N–H and O–H groups in total. The fraction of sp³-hybridized carbons (Fsp3) is 0.900. The number of likely N-dealkylation sites (tertiary alicyclic amines) is 1.